The fourth-order valence-corrected chi connectivity index (χ4v) is 4.41. The van der Waals surface area contributed by atoms with E-state index in [4.69, 9.17) is 0 Å². The maximum atomic E-state index is 13.2. The SMILES string of the molecule is O=C(NCC1CCc2nc(-c3ccc(F)cc3)[nH]c(=O)c2CC1)c1nccc2ccccc12. The summed E-state index contributed by atoms with van der Waals surface area (Å²) in [6, 6.07) is 15.5. The molecule has 4 aromatic rings. The van der Waals surface area contributed by atoms with Crippen molar-refractivity contribution >= 4 is 16.7 Å². The van der Waals surface area contributed by atoms with Gasteiger partial charge in [0.25, 0.3) is 11.5 Å². The summed E-state index contributed by atoms with van der Waals surface area (Å²) >= 11 is 0. The van der Waals surface area contributed by atoms with Crippen LogP contribution in [0.1, 0.15) is 34.6 Å². The minimum atomic E-state index is -0.334. The summed E-state index contributed by atoms with van der Waals surface area (Å²) in [5, 5.41) is 4.83. The Kier molecular flexibility index (Phi) is 5.69. The number of aromatic nitrogens is 3. The Morgan fingerprint density at radius 2 is 1.85 bits per heavy atom. The Hall–Kier alpha value is -3.87. The van der Waals surface area contributed by atoms with Crippen molar-refractivity contribution in [2.45, 2.75) is 25.7 Å². The number of hydrogen-bond acceptors (Lipinski definition) is 4. The van der Waals surface area contributed by atoms with Crippen molar-refractivity contribution in [1.82, 2.24) is 20.3 Å². The number of halogens is 1. The predicted octanol–water partition coefficient (Wildman–Crippen LogP) is 4.05. The highest BCUT2D eigenvalue weighted by Crippen LogP contribution is 2.24. The first kappa shape index (κ1) is 21.0. The standard InChI is InChI=1S/C26H23FN4O2/c27-19-9-7-18(8-10-19)24-30-22-12-6-16(5-11-21(22)25(32)31-24)15-29-26(33)23-20-4-2-1-3-17(20)13-14-28-23/h1-4,7-10,13-14,16H,5-6,11-12,15H2,(H,29,33)(H,30,31,32). The van der Waals surface area contributed by atoms with Crippen LogP contribution in [-0.2, 0) is 12.8 Å². The van der Waals surface area contributed by atoms with Crippen LogP contribution in [0.3, 0.4) is 0 Å². The van der Waals surface area contributed by atoms with Gasteiger partial charge in [-0.05, 0) is 67.3 Å². The van der Waals surface area contributed by atoms with Crippen molar-refractivity contribution in [1.29, 1.82) is 0 Å². The molecule has 0 bridgehead atoms. The molecule has 6 nitrogen and oxygen atoms in total. The van der Waals surface area contributed by atoms with Crippen LogP contribution in [0.5, 0.6) is 0 Å². The van der Waals surface area contributed by atoms with E-state index in [-0.39, 0.29) is 23.2 Å². The van der Waals surface area contributed by atoms with Crippen LogP contribution in [0.15, 0.2) is 65.6 Å². The number of H-pyrrole nitrogens is 1. The first-order valence-corrected chi connectivity index (χ1v) is 11.1. The molecule has 2 aromatic carbocycles. The number of fused-ring (bicyclic) bond motifs is 2. The molecule has 2 heterocycles. The Morgan fingerprint density at radius 1 is 1.06 bits per heavy atom. The molecule has 0 spiro atoms. The van der Waals surface area contributed by atoms with Crippen molar-refractivity contribution in [3.8, 4) is 11.4 Å². The second-order valence-electron chi connectivity index (χ2n) is 8.38. The van der Waals surface area contributed by atoms with Crippen LogP contribution >= 0.6 is 0 Å². The summed E-state index contributed by atoms with van der Waals surface area (Å²) in [6.45, 7) is 0.514. The Bertz CT molecular complexity index is 1380. The molecule has 1 amide bonds. The van der Waals surface area contributed by atoms with Gasteiger partial charge in [0.2, 0.25) is 0 Å². The molecule has 1 atom stereocenters. The maximum Gasteiger partial charge on any atom is 0.270 e. The number of carbonyl (C=O) groups is 1. The van der Waals surface area contributed by atoms with E-state index in [1.165, 1.54) is 12.1 Å². The van der Waals surface area contributed by atoms with E-state index in [1.54, 1.807) is 18.3 Å². The van der Waals surface area contributed by atoms with E-state index in [0.717, 1.165) is 29.3 Å². The first-order valence-electron chi connectivity index (χ1n) is 11.1. The third-order valence-corrected chi connectivity index (χ3v) is 6.25. The average molecular weight is 442 g/mol. The van der Waals surface area contributed by atoms with E-state index < -0.39 is 0 Å². The number of nitrogens with zero attached hydrogens (tertiary/aromatic N) is 2. The highest BCUT2D eigenvalue weighted by Gasteiger charge is 2.22. The molecule has 0 saturated heterocycles. The van der Waals surface area contributed by atoms with Crippen molar-refractivity contribution in [3.63, 3.8) is 0 Å². The van der Waals surface area contributed by atoms with E-state index >= 15 is 0 Å². The lowest BCUT2D eigenvalue weighted by Gasteiger charge is -2.15. The monoisotopic (exact) mass is 442 g/mol. The molecule has 0 aliphatic heterocycles. The van der Waals surface area contributed by atoms with Gasteiger partial charge in [0.05, 0.1) is 5.69 Å². The van der Waals surface area contributed by atoms with Crippen LogP contribution in [0, 0.1) is 11.7 Å². The summed E-state index contributed by atoms with van der Waals surface area (Å²) < 4.78 is 13.2. The van der Waals surface area contributed by atoms with Crippen LogP contribution in [0.4, 0.5) is 4.39 Å². The van der Waals surface area contributed by atoms with E-state index in [1.807, 2.05) is 30.3 Å². The number of aromatic amines is 1. The molecule has 1 aliphatic rings. The molecule has 33 heavy (non-hydrogen) atoms. The van der Waals surface area contributed by atoms with Gasteiger partial charge in [-0.2, -0.15) is 0 Å². The lowest BCUT2D eigenvalue weighted by atomic mass is 9.99. The minimum absolute atomic E-state index is 0.149. The smallest absolute Gasteiger partial charge is 0.270 e. The molecular formula is C26H23FN4O2. The number of pyridine rings is 1. The fraction of sp³-hybridized carbons (Fsp3) is 0.231. The highest BCUT2D eigenvalue weighted by atomic mass is 19.1. The zero-order valence-corrected chi connectivity index (χ0v) is 18.0. The minimum Gasteiger partial charge on any atom is -0.350 e. The molecule has 0 saturated carbocycles. The van der Waals surface area contributed by atoms with Gasteiger partial charge in [-0.15, -0.1) is 0 Å². The number of aryl methyl sites for hydroxylation is 1. The molecule has 5 rings (SSSR count). The quantitative estimate of drug-likeness (QED) is 0.467. The van der Waals surface area contributed by atoms with Gasteiger partial charge >= 0.3 is 0 Å². The Balaban J connectivity index is 1.28. The average Bonchev–Trinajstić information content (AvgIpc) is 3.05. The normalized spacial score (nSPS) is 15.6. The summed E-state index contributed by atoms with van der Waals surface area (Å²) in [6.07, 6.45) is 4.51. The third kappa shape index (κ3) is 4.39. The molecule has 0 fully saturated rings. The lowest BCUT2D eigenvalue weighted by Crippen LogP contribution is -2.30. The summed E-state index contributed by atoms with van der Waals surface area (Å²) in [7, 11) is 0. The van der Waals surface area contributed by atoms with Crippen LogP contribution in [0.2, 0.25) is 0 Å². The summed E-state index contributed by atoms with van der Waals surface area (Å²) in [5.74, 6) is 0.155. The predicted molar refractivity (Wildman–Crippen MR) is 124 cm³/mol. The first-order chi connectivity index (χ1) is 16.1. The van der Waals surface area contributed by atoms with E-state index in [2.05, 4.69) is 20.3 Å². The van der Waals surface area contributed by atoms with Crippen LogP contribution < -0.4 is 10.9 Å². The molecule has 0 radical (unpaired) electrons. The fourth-order valence-electron chi connectivity index (χ4n) is 4.41. The molecule has 166 valence electrons. The number of benzene rings is 2. The van der Waals surface area contributed by atoms with Crippen molar-refractivity contribution in [2.75, 3.05) is 6.54 Å². The summed E-state index contributed by atoms with van der Waals surface area (Å²) in [5.41, 5.74) is 2.43. The molecule has 2 N–H and O–H groups in total. The maximum absolute atomic E-state index is 13.2. The Labute approximate surface area is 189 Å². The number of nitrogens with one attached hydrogen (secondary N) is 2. The van der Waals surface area contributed by atoms with E-state index in [9.17, 15) is 14.0 Å². The molecule has 1 aliphatic carbocycles. The second kappa shape index (κ2) is 8.94. The highest BCUT2D eigenvalue weighted by molar-refractivity contribution is 6.05. The van der Waals surface area contributed by atoms with E-state index in [0.29, 0.717) is 42.0 Å². The van der Waals surface area contributed by atoms with Gasteiger partial charge in [0.15, 0.2) is 0 Å². The van der Waals surface area contributed by atoms with Crippen molar-refractivity contribution in [2.24, 2.45) is 5.92 Å². The van der Waals surface area contributed by atoms with Crippen LogP contribution in [-0.4, -0.2) is 27.4 Å². The Morgan fingerprint density at radius 3 is 2.70 bits per heavy atom. The van der Waals surface area contributed by atoms with Crippen molar-refractivity contribution in [3.05, 3.63) is 93.9 Å². The molecule has 7 heteroatoms. The number of rotatable bonds is 4. The third-order valence-electron chi connectivity index (χ3n) is 6.25. The largest absolute Gasteiger partial charge is 0.350 e. The molecule has 2 aromatic heterocycles. The second-order valence-corrected chi connectivity index (χ2v) is 8.38. The molecule has 1 unspecified atom stereocenters. The van der Waals surface area contributed by atoms with Gasteiger partial charge < -0.3 is 10.3 Å². The number of hydrogen-bond donors (Lipinski definition) is 2. The lowest BCUT2D eigenvalue weighted by molar-refractivity contribution is 0.0942. The van der Waals surface area contributed by atoms with Crippen LogP contribution in [0.25, 0.3) is 22.2 Å². The van der Waals surface area contributed by atoms with Gasteiger partial charge in [0, 0.05) is 29.3 Å². The number of carbonyl (C=O) groups excluding carboxylic acids is 1. The molecular weight excluding hydrogens is 419 g/mol. The van der Waals surface area contributed by atoms with Gasteiger partial charge in [-0.3, -0.25) is 14.6 Å². The number of amides is 1. The summed E-state index contributed by atoms with van der Waals surface area (Å²) in [4.78, 5) is 37.3. The van der Waals surface area contributed by atoms with Gasteiger partial charge in [0.1, 0.15) is 17.3 Å². The zero-order valence-electron chi connectivity index (χ0n) is 18.0. The van der Waals surface area contributed by atoms with Gasteiger partial charge in [-0.25, -0.2) is 9.37 Å². The zero-order chi connectivity index (χ0) is 22.8. The topological polar surface area (TPSA) is 87.7 Å². The van der Waals surface area contributed by atoms with Gasteiger partial charge in [-0.1, -0.05) is 24.3 Å². The van der Waals surface area contributed by atoms with Crippen molar-refractivity contribution < 1.29 is 9.18 Å².